The van der Waals surface area contributed by atoms with Crippen molar-refractivity contribution in [2.45, 2.75) is 0 Å². The van der Waals surface area contributed by atoms with Crippen LogP contribution in [-0.4, -0.2) is 30.3 Å². The number of ether oxygens (including phenoxy) is 1. The maximum absolute atomic E-state index is 10.2. The number of nitrogens with two attached hydrogens (primary N) is 1. The quantitative estimate of drug-likeness (QED) is 0.565. The van der Waals surface area contributed by atoms with Crippen molar-refractivity contribution in [2.75, 3.05) is 20.3 Å². The summed E-state index contributed by atoms with van der Waals surface area (Å²) in [6.45, 7) is 0.472. The molecule has 15 heavy (non-hydrogen) atoms. The first-order valence-electron chi connectivity index (χ1n) is 4.25. The third kappa shape index (κ3) is 5.61. The molecule has 0 spiro atoms. The summed E-state index contributed by atoms with van der Waals surface area (Å²) in [5.41, 5.74) is 4.82. The van der Waals surface area contributed by atoms with Gasteiger partial charge in [0.25, 0.3) is 5.69 Å². The van der Waals surface area contributed by atoms with Gasteiger partial charge in [0.1, 0.15) is 5.75 Å². The second kappa shape index (κ2) is 7.72. The molecule has 0 saturated heterocycles. The smallest absolute Gasteiger partial charge is 0.273 e. The first-order chi connectivity index (χ1) is 7.15. The molecule has 84 valence electrons. The van der Waals surface area contributed by atoms with Crippen molar-refractivity contribution in [1.29, 1.82) is 0 Å². The van der Waals surface area contributed by atoms with Gasteiger partial charge in [-0.2, -0.15) is 0 Å². The maximum Gasteiger partial charge on any atom is 0.273 e. The molecule has 6 heteroatoms. The Morgan fingerprint density at radius 2 is 2.20 bits per heavy atom. The molecule has 0 unspecified atom stereocenters. The Morgan fingerprint density at radius 3 is 2.60 bits per heavy atom. The van der Waals surface area contributed by atoms with Gasteiger partial charge >= 0.3 is 0 Å². The number of nitrogens with zero attached hydrogens (tertiary/aromatic N) is 1. The fourth-order valence-electron chi connectivity index (χ4n) is 0.724. The average molecular weight is 214 g/mol. The van der Waals surface area contributed by atoms with Gasteiger partial charge in [0, 0.05) is 12.6 Å². The third-order valence-corrected chi connectivity index (χ3v) is 1.39. The highest BCUT2D eigenvalue weighted by atomic mass is 16.6. The number of hydrogen-bond donors (Lipinski definition) is 2. The molecule has 0 amide bonds. The van der Waals surface area contributed by atoms with Crippen LogP contribution in [0.4, 0.5) is 5.69 Å². The standard InChI is InChI=1S/C7H7NO3.C2H7NO/c1-11-7-4-2-3-6(5-7)8(9)10;3-1-2-4/h2-5H,1H3;4H,1-3H2. The lowest BCUT2D eigenvalue weighted by Gasteiger charge is -1.96. The van der Waals surface area contributed by atoms with Gasteiger partial charge in [-0.15, -0.1) is 0 Å². The van der Waals surface area contributed by atoms with E-state index in [1.807, 2.05) is 0 Å². The predicted molar refractivity (Wildman–Crippen MR) is 55.8 cm³/mol. The van der Waals surface area contributed by atoms with Crippen LogP contribution in [0, 0.1) is 10.1 Å². The topological polar surface area (TPSA) is 98.6 Å². The zero-order chi connectivity index (χ0) is 11.7. The van der Waals surface area contributed by atoms with Crippen molar-refractivity contribution >= 4 is 5.69 Å². The summed E-state index contributed by atoms with van der Waals surface area (Å²) in [4.78, 5) is 9.76. The number of aliphatic hydroxyl groups excluding tert-OH is 1. The summed E-state index contributed by atoms with van der Waals surface area (Å²) in [7, 11) is 1.47. The van der Waals surface area contributed by atoms with Gasteiger partial charge in [0.15, 0.2) is 0 Å². The highest BCUT2D eigenvalue weighted by Gasteiger charge is 2.04. The Bertz CT molecular complexity index is 302. The van der Waals surface area contributed by atoms with Crippen molar-refractivity contribution in [2.24, 2.45) is 5.73 Å². The summed E-state index contributed by atoms with van der Waals surface area (Å²) >= 11 is 0. The Balaban J connectivity index is 0.000000423. The Labute approximate surface area is 87.4 Å². The van der Waals surface area contributed by atoms with E-state index in [0.717, 1.165) is 0 Å². The largest absolute Gasteiger partial charge is 0.497 e. The second-order valence-corrected chi connectivity index (χ2v) is 2.47. The van der Waals surface area contributed by atoms with Gasteiger partial charge < -0.3 is 15.6 Å². The van der Waals surface area contributed by atoms with Crippen LogP contribution in [-0.2, 0) is 0 Å². The molecule has 1 aromatic rings. The Morgan fingerprint density at radius 1 is 1.60 bits per heavy atom. The average Bonchev–Trinajstić information content (AvgIpc) is 2.29. The molecule has 0 saturated carbocycles. The minimum Gasteiger partial charge on any atom is -0.497 e. The van der Waals surface area contributed by atoms with E-state index in [0.29, 0.717) is 12.3 Å². The molecule has 0 radical (unpaired) electrons. The van der Waals surface area contributed by atoms with Crippen LogP contribution in [0.1, 0.15) is 0 Å². The van der Waals surface area contributed by atoms with Crippen LogP contribution < -0.4 is 10.5 Å². The fourth-order valence-corrected chi connectivity index (χ4v) is 0.724. The number of methoxy groups -OCH3 is 1. The van der Waals surface area contributed by atoms with Crippen LogP contribution in [0.3, 0.4) is 0 Å². The van der Waals surface area contributed by atoms with Gasteiger partial charge in [0.05, 0.1) is 24.7 Å². The van der Waals surface area contributed by atoms with Crippen LogP contribution in [0.15, 0.2) is 24.3 Å². The van der Waals surface area contributed by atoms with Crippen LogP contribution in [0.5, 0.6) is 5.75 Å². The SMILES string of the molecule is COc1cccc([N+](=O)[O-])c1.NCCO. The lowest BCUT2D eigenvalue weighted by Crippen LogP contribution is -2.02. The van der Waals surface area contributed by atoms with E-state index < -0.39 is 4.92 Å². The molecule has 0 fully saturated rings. The van der Waals surface area contributed by atoms with E-state index in [1.54, 1.807) is 12.1 Å². The van der Waals surface area contributed by atoms with Crippen molar-refractivity contribution < 1.29 is 14.8 Å². The zero-order valence-electron chi connectivity index (χ0n) is 8.42. The Hall–Kier alpha value is -1.66. The third-order valence-electron chi connectivity index (χ3n) is 1.39. The van der Waals surface area contributed by atoms with E-state index >= 15 is 0 Å². The molecule has 0 aliphatic heterocycles. The lowest BCUT2D eigenvalue weighted by atomic mass is 10.3. The first-order valence-corrected chi connectivity index (χ1v) is 4.25. The number of nitro benzene ring substituents is 1. The molecule has 1 rings (SSSR count). The number of hydrogen-bond acceptors (Lipinski definition) is 5. The van der Waals surface area contributed by atoms with Crippen molar-refractivity contribution in [3.8, 4) is 5.75 Å². The number of benzene rings is 1. The van der Waals surface area contributed by atoms with Crippen molar-refractivity contribution in [3.05, 3.63) is 34.4 Å². The predicted octanol–water partition coefficient (Wildman–Crippen LogP) is 0.541. The van der Waals surface area contributed by atoms with Crippen molar-refractivity contribution in [1.82, 2.24) is 0 Å². The molecule has 6 nitrogen and oxygen atoms in total. The highest BCUT2D eigenvalue weighted by molar-refractivity contribution is 5.37. The van der Waals surface area contributed by atoms with Gasteiger partial charge in [-0.1, -0.05) is 6.07 Å². The van der Waals surface area contributed by atoms with Gasteiger partial charge in [-0.25, -0.2) is 0 Å². The molecule has 0 aliphatic carbocycles. The second-order valence-electron chi connectivity index (χ2n) is 2.47. The molecule has 0 aliphatic rings. The Kier molecular flexibility index (Phi) is 6.86. The summed E-state index contributed by atoms with van der Waals surface area (Å²) < 4.78 is 4.80. The van der Waals surface area contributed by atoms with Gasteiger partial charge in [0.2, 0.25) is 0 Å². The molecule has 1 aromatic carbocycles. The minimum atomic E-state index is -0.456. The van der Waals surface area contributed by atoms with E-state index in [9.17, 15) is 10.1 Å². The van der Waals surface area contributed by atoms with Crippen LogP contribution >= 0.6 is 0 Å². The summed E-state index contributed by atoms with van der Waals surface area (Å²) in [5.74, 6) is 0.499. The number of non-ortho nitro benzene ring substituents is 1. The van der Waals surface area contributed by atoms with Crippen LogP contribution in [0.25, 0.3) is 0 Å². The zero-order valence-corrected chi connectivity index (χ0v) is 8.42. The molecular weight excluding hydrogens is 200 g/mol. The van der Waals surface area contributed by atoms with Gasteiger partial charge in [-0.3, -0.25) is 10.1 Å². The summed E-state index contributed by atoms with van der Waals surface area (Å²) in [6, 6.07) is 6.03. The number of nitro groups is 1. The first kappa shape index (κ1) is 13.3. The fraction of sp³-hybridized carbons (Fsp3) is 0.333. The van der Waals surface area contributed by atoms with E-state index in [4.69, 9.17) is 15.6 Å². The molecular formula is C9H14N2O4. The van der Waals surface area contributed by atoms with Crippen molar-refractivity contribution in [3.63, 3.8) is 0 Å². The summed E-state index contributed by atoms with van der Waals surface area (Å²) in [5, 5.41) is 18.0. The lowest BCUT2D eigenvalue weighted by molar-refractivity contribution is -0.384. The summed E-state index contributed by atoms with van der Waals surface area (Å²) in [6.07, 6.45) is 0. The monoisotopic (exact) mass is 214 g/mol. The molecule has 0 aromatic heterocycles. The van der Waals surface area contributed by atoms with E-state index in [1.165, 1.54) is 19.2 Å². The number of aliphatic hydroxyl groups is 1. The molecule has 0 atom stereocenters. The minimum absolute atomic E-state index is 0.0457. The number of rotatable bonds is 3. The van der Waals surface area contributed by atoms with E-state index in [-0.39, 0.29) is 12.3 Å². The van der Waals surface area contributed by atoms with E-state index in [2.05, 4.69) is 0 Å². The van der Waals surface area contributed by atoms with Crippen LogP contribution in [0.2, 0.25) is 0 Å². The molecule has 0 bridgehead atoms. The normalized spacial score (nSPS) is 8.73. The molecule has 0 heterocycles. The highest BCUT2D eigenvalue weighted by Crippen LogP contribution is 2.17. The van der Waals surface area contributed by atoms with Gasteiger partial charge in [-0.05, 0) is 6.07 Å². The maximum atomic E-state index is 10.2. The molecule has 3 N–H and O–H groups in total.